The Morgan fingerprint density at radius 1 is 1.26 bits per heavy atom. The van der Waals surface area contributed by atoms with Gasteiger partial charge in [-0.1, -0.05) is 26.7 Å². The van der Waals surface area contributed by atoms with E-state index >= 15 is 0 Å². The summed E-state index contributed by atoms with van der Waals surface area (Å²) in [4.78, 5) is 49.9. The van der Waals surface area contributed by atoms with Crippen LogP contribution >= 0.6 is 0 Å². The third-order valence-corrected chi connectivity index (χ3v) is 5.39. The fourth-order valence-electron chi connectivity index (χ4n) is 3.48. The van der Waals surface area contributed by atoms with E-state index in [1.165, 1.54) is 10.8 Å². The van der Waals surface area contributed by atoms with Gasteiger partial charge < -0.3 is 10.6 Å². The largest absolute Gasteiger partial charge is 0.356 e. The first-order valence-electron chi connectivity index (χ1n) is 9.71. The lowest BCUT2D eigenvalue weighted by atomic mass is 10.0. The number of carbonyl (C=O) groups is 2. The minimum atomic E-state index is -0.606. The van der Waals surface area contributed by atoms with E-state index in [1.54, 1.807) is 6.92 Å². The van der Waals surface area contributed by atoms with Gasteiger partial charge in [0.15, 0.2) is 0 Å². The molecule has 2 amide bonds. The maximum atomic E-state index is 12.3. The van der Waals surface area contributed by atoms with Crippen molar-refractivity contribution in [3.8, 4) is 0 Å². The van der Waals surface area contributed by atoms with Gasteiger partial charge in [0.1, 0.15) is 6.54 Å². The van der Waals surface area contributed by atoms with E-state index in [0.717, 1.165) is 25.7 Å². The number of aromatic amines is 1. The second-order valence-corrected chi connectivity index (χ2v) is 7.40. The SMILES string of the molecule is CCC(CC)CNC(=O)[C@@H]1CC[C@H](NC(=O)Cn2cc(C)c(=O)[nH]c2=O)C1. The van der Waals surface area contributed by atoms with Crippen LogP contribution in [0, 0.1) is 18.8 Å². The first-order chi connectivity index (χ1) is 12.8. The number of aryl methyl sites for hydroxylation is 1. The van der Waals surface area contributed by atoms with Crippen molar-refractivity contribution < 1.29 is 9.59 Å². The fourth-order valence-corrected chi connectivity index (χ4v) is 3.48. The summed E-state index contributed by atoms with van der Waals surface area (Å²) in [5.41, 5.74) is -0.682. The molecule has 3 N–H and O–H groups in total. The number of carbonyl (C=O) groups excluding carboxylic acids is 2. The van der Waals surface area contributed by atoms with E-state index in [2.05, 4.69) is 29.5 Å². The maximum absolute atomic E-state index is 12.3. The Hall–Kier alpha value is -2.38. The minimum absolute atomic E-state index is 0.0612. The summed E-state index contributed by atoms with van der Waals surface area (Å²) in [5.74, 6) is 0.186. The van der Waals surface area contributed by atoms with Gasteiger partial charge in [-0.15, -0.1) is 0 Å². The van der Waals surface area contributed by atoms with Gasteiger partial charge in [0.2, 0.25) is 11.8 Å². The lowest BCUT2D eigenvalue weighted by molar-refractivity contribution is -0.125. The number of hydrogen-bond donors (Lipinski definition) is 3. The van der Waals surface area contributed by atoms with E-state index in [4.69, 9.17) is 0 Å². The van der Waals surface area contributed by atoms with Crippen LogP contribution in [0.5, 0.6) is 0 Å². The molecule has 27 heavy (non-hydrogen) atoms. The summed E-state index contributed by atoms with van der Waals surface area (Å²) >= 11 is 0. The molecule has 8 nitrogen and oxygen atoms in total. The van der Waals surface area contributed by atoms with Crippen LogP contribution in [-0.4, -0.2) is 34.0 Å². The van der Waals surface area contributed by atoms with Crippen molar-refractivity contribution in [3.63, 3.8) is 0 Å². The Morgan fingerprint density at radius 2 is 1.96 bits per heavy atom. The average molecular weight is 378 g/mol. The first kappa shape index (κ1) is 20.9. The van der Waals surface area contributed by atoms with Gasteiger partial charge in [-0.2, -0.15) is 0 Å². The number of nitrogens with zero attached hydrogens (tertiary/aromatic N) is 1. The highest BCUT2D eigenvalue weighted by Crippen LogP contribution is 2.25. The molecule has 0 bridgehead atoms. The van der Waals surface area contributed by atoms with E-state index in [0.29, 0.717) is 24.4 Å². The predicted octanol–water partition coefficient (Wildman–Crippen LogP) is 0.682. The molecule has 150 valence electrons. The zero-order valence-corrected chi connectivity index (χ0v) is 16.3. The maximum Gasteiger partial charge on any atom is 0.328 e. The molecule has 1 fully saturated rings. The molecule has 1 aliphatic carbocycles. The monoisotopic (exact) mass is 378 g/mol. The van der Waals surface area contributed by atoms with Crippen molar-refractivity contribution in [3.05, 3.63) is 32.6 Å². The van der Waals surface area contributed by atoms with E-state index in [1.807, 2.05) is 0 Å². The van der Waals surface area contributed by atoms with Crippen LogP contribution in [0.4, 0.5) is 0 Å². The van der Waals surface area contributed by atoms with Crippen molar-refractivity contribution in [2.24, 2.45) is 11.8 Å². The van der Waals surface area contributed by atoms with Gasteiger partial charge in [0.25, 0.3) is 5.56 Å². The second kappa shape index (κ2) is 9.53. The molecular formula is C19H30N4O4. The summed E-state index contributed by atoms with van der Waals surface area (Å²) < 4.78 is 1.18. The van der Waals surface area contributed by atoms with Gasteiger partial charge in [-0.25, -0.2) is 4.79 Å². The van der Waals surface area contributed by atoms with Gasteiger partial charge >= 0.3 is 5.69 Å². The molecule has 0 saturated heterocycles. The van der Waals surface area contributed by atoms with Crippen LogP contribution in [0.2, 0.25) is 0 Å². The third kappa shape index (κ3) is 5.80. The van der Waals surface area contributed by atoms with Gasteiger partial charge in [-0.3, -0.25) is 23.9 Å². The summed E-state index contributed by atoms with van der Waals surface area (Å²) in [6.45, 7) is 6.37. The quantitative estimate of drug-likeness (QED) is 0.617. The van der Waals surface area contributed by atoms with E-state index < -0.39 is 11.2 Å². The van der Waals surface area contributed by atoms with Crippen LogP contribution in [0.25, 0.3) is 0 Å². The van der Waals surface area contributed by atoms with Gasteiger partial charge in [-0.05, 0) is 32.1 Å². The fraction of sp³-hybridized carbons (Fsp3) is 0.684. The molecule has 0 aromatic carbocycles. The van der Waals surface area contributed by atoms with Crippen LogP contribution in [-0.2, 0) is 16.1 Å². The predicted molar refractivity (Wildman–Crippen MR) is 102 cm³/mol. The number of aromatic nitrogens is 2. The summed E-state index contributed by atoms with van der Waals surface area (Å²) in [6.07, 6.45) is 5.57. The van der Waals surface area contributed by atoms with Crippen molar-refractivity contribution in [2.75, 3.05) is 6.54 Å². The number of amides is 2. The number of hydrogen-bond acceptors (Lipinski definition) is 4. The summed E-state index contributed by atoms with van der Waals surface area (Å²) in [5, 5.41) is 5.92. The second-order valence-electron chi connectivity index (χ2n) is 7.40. The normalized spacial score (nSPS) is 19.3. The Labute approximate surface area is 158 Å². The number of nitrogens with one attached hydrogen (secondary N) is 3. The Bertz CT molecular complexity index is 779. The first-order valence-corrected chi connectivity index (χ1v) is 9.71. The van der Waals surface area contributed by atoms with Crippen LogP contribution in [0.1, 0.15) is 51.5 Å². The molecular weight excluding hydrogens is 348 g/mol. The van der Waals surface area contributed by atoms with Crippen molar-refractivity contribution in [1.82, 2.24) is 20.2 Å². The van der Waals surface area contributed by atoms with Gasteiger partial charge in [0.05, 0.1) is 0 Å². The molecule has 1 aromatic rings. The summed E-state index contributed by atoms with van der Waals surface area (Å²) in [6, 6.07) is -0.0686. The van der Waals surface area contributed by atoms with Crippen molar-refractivity contribution in [1.29, 1.82) is 0 Å². The lowest BCUT2D eigenvalue weighted by Crippen LogP contribution is -2.40. The van der Waals surface area contributed by atoms with Crippen LogP contribution < -0.4 is 21.9 Å². The standard InChI is InChI=1S/C19H30N4O4/c1-4-13(5-2)9-20-18(26)14-6-7-15(8-14)21-16(24)11-23-10-12(3)17(25)22-19(23)27/h10,13-15H,4-9,11H2,1-3H3,(H,20,26)(H,21,24)(H,22,25,27)/t14-,15+/m1/s1. The third-order valence-electron chi connectivity index (χ3n) is 5.39. The smallest absolute Gasteiger partial charge is 0.328 e. The Morgan fingerprint density at radius 3 is 2.63 bits per heavy atom. The van der Waals surface area contributed by atoms with Gasteiger partial charge in [0, 0.05) is 30.3 Å². The zero-order chi connectivity index (χ0) is 20.0. The molecule has 1 heterocycles. The topological polar surface area (TPSA) is 113 Å². The molecule has 1 aliphatic rings. The summed E-state index contributed by atoms with van der Waals surface area (Å²) in [7, 11) is 0. The zero-order valence-electron chi connectivity index (χ0n) is 16.3. The highest BCUT2D eigenvalue weighted by atomic mass is 16.2. The Balaban J connectivity index is 1.83. The minimum Gasteiger partial charge on any atom is -0.356 e. The molecule has 8 heteroatoms. The molecule has 0 radical (unpaired) electrons. The average Bonchev–Trinajstić information content (AvgIpc) is 3.08. The van der Waals surface area contributed by atoms with E-state index in [-0.39, 0.29) is 30.3 Å². The lowest BCUT2D eigenvalue weighted by Gasteiger charge is -2.17. The number of rotatable bonds is 8. The molecule has 0 unspecified atom stereocenters. The molecule has 0 spiro atoms. The van der Waals surface area contributed by atoms with Crippen molar-refractivity contribution in [2.45, 2.75) is 65.5 Å². The molecule has 1 saturated carbocycles. The molecule has 1 aromatic heterocycles. The molecule has 2 rings (SSSR count). The molecule has 0 aliphatic heterocycles. The van der Waals surface area contributed by atoms with Crippen LogP contribution in [0.15, 0.2) is 15.8 Å². The molecule has 2 atom stereocenters. The van der Waals surface area contributed by atoms with Crippen molar-refractivity contribution >= 4 is 11.8 Å². The van der Waals surface area contributed by atoms with E-state index in [9.17, 15) is 19.2 Å². The number of H-pyrrole nitrogens is 1. The Kier molecular flexibility index (Phi) is 7.38. The highest BCUT2D eigenvalue weighted by Gasteiger charge is 2.30. The highest BCUT2D eigenvalue weighted by molar-refractivity contribution is 5.79. The van der Waals surface area contributed by atoms with Crippen LogP contribution in [0.3, 0.4) is 0 Å².